The Kier molecular flexibility index (Phi) is 8.64. The van der Waals surface area contributed by atoms with Gasteiger partial charge in [0.05, 0.1) is 18.3 Å². The molecule has 0 unspecified atom stereocenters. The third-order valence-corrected chi connectivity index (χ3v) is 5.23. The molecule has 0 aliphatic carbocycles. The number of aliphatic hydroxyl groups excluding tert-OH is 1. The smallest absolute Gasteiger partial charge is 0.191 e. The molecule has 6 nitrogen and oxygen atoms in total. The largest absolute Gasteiger partial charge is 0.393 e. The van der Waals surface area contributed by atoms with Crippen LogP contribution in [0.5, 0.6) is 0 Å². The molecule has 7 heteroatoms. The molecule has 0 atom stereocenters. The van der Waals surface area contributed by atoms with Crippen LogP contribution in [0.4, 0.5) is 0 Å². The third kappa shape index (κ3) is 7.30. The van der Waals surface area contributed by atoms with Gasteiger partial charge in [0.1, 0.15) is 5.01 Å². The zero-order chi connectivity index (χ0) is 18.1. The fraction of sp³-hybridized carbons (Fsp3) is 0.778. The molecule has 0 spiro atoms. The minimum Gasteiger partial charge on any atom is -0.393 e. The molecule has 25 heavy (non-hydrogen) atoms. The number of aliphatic imine (C=N–C) groups is 1. The number of aromatic nitrogens is 1. The van der Waals surface area contributed by atoms with E-state index in [4.69, 9.17) is 0 Å². The second kappa shape index (κ2) is 10.7. The maximum Gasteiger partial charge on any atom is 0.191 e. The number of guanidine groups is 1. The molecule has 2 rings (SSSR count). The van der Waals surface area contributed by atoms with E-state index in [0.717, 1.165) is 68.6 Å². The second-order valence-electron chi connectivity index (χ2n) is 6.87. The number of likely N-dealkylation sites (tertiary alicyclic amines) is 1. The topological polar surface area (TPSA) is 72.8 Å². The number of rotatable bonds is 8. The Balaban J connectivity index is 1.71. The summed E-state index contributed by atoms with van der Waals surface area (Å²) in [6, 6.07) is 0. The van der Waals surface area contributed by atoms with Crippen molar-refractivity contribution in [1.82, 2.24) is 20.5 Å². The predicted molar refractivity (Wildman–Crippen MR) is 105 cm³/mol. The summed E-state index contributed by atoms with van der Waals surface area (Å²) < 4.78 is 0. The van der Waals surface area contributed by atoms with Gasteiger partial charge in [-0.15, -0.1) is 11.3 Å². The van der Waals surface area contributed by atoms with Crippen molar-refractivity contribution in [3.63, 3.8) is 0 Å². The molecule has 142 valence electrons. The van der Waals surface area contributed by atoms with Gasteiger partial charge in [-0.05, 0) is 38.6 Å². The lowest BCUT2D eigenvalue weighted by Gasteiger charge is -2.29. The molecule has 1 aromatic rings. The van der Waals surface area contributed by atoms with Gasteiger partial charge >= 0.3 is 0 Å². The molecule has 3 N–H and O–H groups in total. The van der Waals surface area contributed by atoms with Crippen LogP contribution in [0.25, 0.3) is 0 Å². The Morgan fingerprint density at radius 2 is 2.16 bits per heavy atom. The summed E-state index contributed by atoms with van der Waals surface area (Å²) in [4.78, 5) is 11.7. The second-order valence-corrected chi connectivity index (χ2v) is 7.81. The van der Waals surface area contributed by atoms with Crippen LogP contribution in [0.3, 0.4) is 0 Å². The van der Waals surface area contributed by atoms with Gasteiger partial charge < -0.3 is 20.6 Å². The van der Waals surface area contributed by atoms with E-state index in [2.05, 4.69) is 51.7 Å². The number of piperidine rings is 1. The van der Waals surface area contributed by atoms with Crippen LogP contribution < -0.4 is 10.6 Å². The molecule has 2 heterocycles. The fourth-order valence-corrected chi connectivity index (χ4v) is 3.68. The highest BCUT2D eigenvalue weighted by Gasteiger charge is 2.16. The average molecular weight is 368 g/mol. The summed E-state index contributed by atoms with van der Waals surface area (Å²) in [5.74, 6) is 1.33. The monoisotopic (exact) mass is 367 g/mol. The molecule has 0 radical (unpaired) electrons. The summed E-state index contributed by atoms with van der Waals surface area (Å²) in [5.41, 5.74) is 1.15. The van der Waals surface area contributed by atoms with Crippen LogP contribution in [-0.4, -0.2) is 59.8 Å². The van der Waals surface area contributed by atoms with Gasteiger partial charge in [0.15, 0.2) is 5.96 Å². The highest BCUT2D eigenvalue weighted by atomic mass is 32.1. The molecule has 1 aromatic heterocycles. The number of thiazole rings is 1. The number of hydrogen-bond donors (Lipinski definition) is 3. The van der Waals surface area contributed by atoms with E-state index in [9.17, 15) is 5.11 Å². The summed E-state index contributed by atoms with van der Waals surface area (Å²) in [7, 11) is 0. The Labute approximate surface area is 155 Å². The molecule has 0 amide bonds. The third-order valence-electron chi connectivity index (χ3n) is 4.38. The van der Waals surface area contributed by atoms with Crippen molar-refractivity contribution in [3.05, 3.63) is 16.1 Å². The quantitative estimate of drug-likeness (QED) is 0.373. The van der Waals surface area contributed by atoms with E-state index >= 15 is 0 Å². The molecular weight excluding hydrogens is 334 g/mol. The minimum atomic E-state index is -0.0936. The summed E-state index contributed by atoms with van der Waals surface area (Å²) >= 11 is 1.68. The predicted octanol–water partition coefficient (Wildman–Crippen LogP) is 2.17. The van der Waals surface area contributed by atoms with Crippen LogP contribution in [0.2, 0.25) is 0 Å². The van der Waals surface area contributed by atoms with Gasteiger partial charge in [0.2, 0.25) is 0 Å². The van der Waals surface area contributed by atoms with Crippen molar-refractivity contribution < 1.29 is 5.11 Å². The standard InChI is InChI=1S/C18H33N5OS/c1-4-19-18(21-12-17-22-16(13-25-17)14(2)3)20-8-5-9-23-10-6-15(24)7-11-23/h13-15,24H,4-12H2,1-3H3,(H2,19,20,21). The van der Waals surface area contributed by atoms with E-state index in [1.165, 1.54) is 0 Å². The molecule has 1 saturated heterocycles. The van der Waals surface area contributed by atoms with Crippen molar-refractivity contribution in [2.45, 2.75) is 58.6 Å². The number of nitrogens with one attached hydrogen (secondary N) is 2. The van der Waals surface area contributed by atoms with Crippen LogP contribution in [-0.2, 0) is 6.54 Å². The number of nitrogens with zero attached hydrogens (tertiary/aromatic N) is 3. The van der Waals surface area contributed by atoms with E-state index < -0.39 is 0 Å². The Morgan fingerprint density at radius 1 is 1.40 bits per heavy atom. The van der Waals surface area contributed by atoms with Gasteiger partial charge in [-0.1, -0.05) is 13.8 Å². The van der Waals surface area contributed by atoms with Crippen molar-refractivity contribution in [3.8, 4) is 0 Å². The molecule has 0 aromatic carbocycles. The molecular formula is C18H33N5OS. The molecule has 1 aliphatic heterocycles. The highest BCUT2D eigenvalue weighted by molar-refractivity contribution is 7.09. The van der Waals surface area contributed by atoms with Gasteiger partial charge in [0.25, 0.3) is 0 Å². The van der Waals surface area contributed by atoms with Crippen molar-refractivity contribution in [2.24, 2.45) is 4.99 Å². The van der Waals surface area contributed by atoms with Gasteiger partial charge in [0, 0.05) is 31.6 Å². The minimum absolute atomic E-state index is 0.0936. The Hall–Kier alpha value is -1.18. The maximum atomic E-state index is 9.55. The highest BCUT2D eigenvalue weighted by Crippen LogP contribution is 2.18. The summed E-state index contributed by atoms with van der Waals surface area (Å²) in [6.45, 7) is 11.9. The van der Waals surface area contributed by atoms with Gasteiger partial charge in [-0.2, -0.15) is 0 Å². The number of aliphatic hydroxyl groups is 1. The lowest BCUT2D eigenvalue weighted by Crippen LogP contribution is -2.40. The van der Waals surface area contributed by atoms with Gasteiger partial charge in [-0.3, -0.25) is 0 Å². The molecule has 1 aliphatic rings. The summed E-state index contributed by atoms with van der Waals surface area (Å²) in [6.07, 6.45) is 2.80. The van der Waals surface area contributed by atoms with Gasteiger partial charge in [-0.25, -0.2) is 9.98 Å². The van der Waals surface area contributed by atoms with Crippen molar-refractivity contribution in [2.75, 3.05) is 32.7 Å². The van der Waals surface area contributed by atoms with Crippen molar-refractivity contribution in [1.29, 1.82) is 0 Å². The van der Waals surface area contributed by atoms with E-state index in [1.807, 2.05) is 0 Å². The lowest BCUT2D eigenvalue weighted by atomic mass is 10.1. The SMILES string of the molecule is CCNC(=NCc1nc(C(C)C)cs1)NCCCN1CCC(O)CC1. The average Bonchev–Trinajstić information content (AvgIpc) is 3.07. The zero-order valence-corrected chi connectivity index (χ0v) is 16.6. The molecule has 0 bridgehead atoms. The first-order valence-electron chi connectivity index (χ1n) is 9.45. The fourth-order valence-electron chi connectivity index (χ4n) is 2.80. The first kappa shape index (κ1) is 20.1. The van der Waals surface area contributed by atoms with Crippen LogP contribution in [0, 0.1) is 0 Å². The number of hydrogen-bond acceptors (Lipinski definition) is 5. The van der Waals surface area contributed by atoms with Crippen LogP contribution >= 0.6 is 11.3 Å². The molecule has 1 fully saturated rings. The summed E-state index contributed by atoms with van der Waals surface area (Å²) in [5, 5.41) is 19.4. The Bertz CT molecular complexity index is 523. The van der Waals surface area contributed by atoms with Crippen molar-refractivity contribution >= 4 is 17.3 Å². The normalized spacial score (nSPS) is 17.2. The first-order chi connectivity index (χ1) is 12.1. The lowest BCUT2D eigenvalue weighted by molar-refractivity contribution is 0.0823. The van der Waals surface area contributed by atoms with Crippen LogP contribution in [0.1, 0.15) is 56.7 Å². The Morgan fingerprint density at radius 3 is 2.80 bits per heavy atom. The molecule has 0 saturated carbocycles. The van der Waals surface area contributed by atoms with E-state index in [0.29, 0.717) is 12.5 Å². The maximum absolute atomic E-state index is 9.55. The first-order valence-corrected chi connectivity index (χ1v) is 10.3. The van der Waals surface area contributed by atoms with E-state index in [-0.39, 0.29) is 6.10 Å². The zero-order valence-electron chi connectivity index (χ0n) is 15.8. The van der Waals surface area contributed by atoms with Crippen LogP contribution in [0.15, 0.2) is 10.4 Å². The van der Waals surface area contributed by atoms with E-state index in [1.54, 1.807) is 11.3 Å².